The monoisotopic (exact) mass is 476 g/mol. The first-order valence-corrected chi connectivity index (χ1v) is 10.6. The van der Waals surface area contributed by atoms with Gasteiger partial charge in [-0.1, -0.05) is 6.07 Å². The summed E-state index contributed by atoms with van der Waals surface area (Å²) in [5, 5.41) is 12.1. The van der Waals surface area contributed by atoms with Gasteiger partial charge in [0.05, 0.1) is 29.7 Å². The summed E-state index contributed by atoms with van der Waals surface area (Å²) in [7, 11) is 1.57. The lowest BCUT2D eigenvalue weighted by molar-refractivity contribution is 0.0696. The summed E-state index contributed by atoms with van der Waals surface area (Å²) in [5.74, 6) is -1.95. The van der Waals surface area contributed by atoms with Gasteiger partial charge in [-0.3, -0.25) is 9.36 Å². The topological polar surface area (TPSA) is 96.7 Å². The molecule has 1 aliphatic heterocycles. The molecule has 2 heterocycles. The second kappa shape index (κ2) is 9.34. The zero-order chi connectivity index (χ0) is 24.6. The number of nitrogens with zero attached hydrogens (tertiary/aromatic N) is 3. The number of aryl methyl sites for hydroxylation is 1. The fraction of sp³-hybridized carbons (Fsp3) is 0.348. The molecule has 180 valence electrons. The molecule has 2 N–H and O–H groups in total. The molecule has 1 atom stereocenters. The van der Waals surface area contributed by atoms with Gasteiger partial charge < -0.3 is 20.1 Å². The first-order valence-electron chi connectivity index (χ1n) is 10.6. The third kappa shape index (κ3) is 4.43. The predicted octanol–water partition coefficient (Wildman–Crippen LogP) is 3.33. The SMILES string of the molecule is Cc1cc(C(Nc2ccc(F)cc2C(=O)O)C(F)F)c2nc(N3CCOCC3)n(C)c(=O)c2c1. The summed E-state index contributed by atoms with van der Waals surface area (Å²) in [6.07, 6.45) is -2.99. The lowest BCUT2D eigenvalue weighted by atomic mass is 9.99. The first kappa shape index (κ1) is 23.6. The fourth-order valence-electron chi connectivity index (χ4n) is 4.09. The minimum absolute atomic E-state index is 0.0397. The van der Waals surface area contributed by atoms with Crippen LogP contribution in [0.4, 0.5) is 24.8 Å². The van der Waals surface area contributed by atoms with Gasteiger partial charge in [0, 0.05) is 31.4 Å². The molecule has 34 heavy (non-hydrogen) atoms. The third-order valence-corrected chi connectivity index (χ3v) is 5.73. The van der Waals surface area contributed by atoms with Gasteiger partial charge in [-0.2, -0.15) is 0 Å². The van der Waals surface area contributed by atoms with Gasteiger partial charge in [0.2, 0.25) is 5.95 Å². The summed E-state index contributed by atoms with van der Waals surface area (Å²) in [6, 6.07) is 4.20. The first-order chi connectivity index (χ1) is 16.2. The van der Waals surface area contributed by atoms with Crippen molar-refractivity contribution >= 4 is 28.5 Å². The molecule has 2 aromatic carbocycles. The number of alkyl halides is 2. The lowest BCUT2D eigenvalue weighted by Gasteiger charge is -2.29. The Bertz CT molecular complexity index is 1310. The zero-order valence-electron chi connectivity index (χ0n) is 18.5. The molecule has 11 heteroatoms. The number of aromatic carboxylic acids is 1. The number of rotatable bonds is 6. The number of fused-ring (bicyclic) bond motifs is 1. The summed E-state index contributed by atoms with van der Waals surface area (Å²) < 4.78 is 49.0. The van der Waals surface area contributed by atoms with Crippen LogP contribution in [-0.4, -0.2) is 53.4 Å². The van der Waals surface area contributed by atoms with E-state index in [4.69, 9.17) is 4.74 Å². The van der Waals surface area contributed by atoms with Crippen molar-refractivity contribution in [3.8, 4) is 0 Å². The van der Waals surface area contributed by atoms with E-state index in [1.807, 2.05) is 4.90 Å². The van der Waals surface area contributed by atoms with Crippen molar-refractivity contribution in [2.45, 2.75) is 19.4 Å². The Morgan fingerprint density at radius 1 is 1.21 bits per heavy atom. The van der Waals surface area contributed by atoms with E-state index in [0.29, 0.717) is 37.8 Å². The van der Waals surface area contributed by atoms with E-state index in [1.165, 1.54) is 10.6 Å². The average Bonchev–Trinajstić information content (AvgIpc) is 2.80. The lowest BCUT2D eigenvalue weighted by Crippen LogP contribution is -2.40. The van der Waals surface area contributed by atoms with Crippen LogP contribution in [-0.2, 0) is 11.8 Å². The molecule has 0 spiro atoms. The molecule has 0 amide bonds. The van der Waals surface area contributed by atoms with Gasteiger partial charge in [-0.05, 0) is 36.8 Å². The third-order valence-electron chi connectivity index (χ3n) is 5.73. The Morgan fingerprint density at radius 3 is 2.56 bits per heavy atom. The molecule has 1 unspecified atom stereocenters. The highest BCUT2D eigenvalue weighted by atomic mass is 19.3. The van der Waals surface area contributed by atoms with Gasteiger partial charge in [0.25, 0.3) is 12.0 Å². The Labute approximate surface area is 192 Å². The van der Waals surface area contributed by atoms with Crippen LogP contribution in [0.15, 0.2) is 35.1 Å². The van der Waals surface area contributed by atoms with Gasteiger partial charge in [-0.25, -0.2) is 22.9 Å². The molecule has 0 saturated carbocycles. The number of morpholine rings is 1. The standard InChI is InChI=1S/C23H23F3N4O4/c1-12-9-15(19(20(25)26)27-17-4-3-13(24)11-14(17)22(32)33)18-16(10-12)21(31)29(2)23(28-18)30-5-7-34-8-6-30/h3-4,9-11,19-20,27H,5-8H2,1-2H3,(H,32,33). The number of carboxylic acid groups (broad SMARTS) is 1. The highest BCUT2D eigenvalue weighted by Gasteiger charge is 2.29. The second-order valence-corrected chi connectivity index (χ2v) is 8.08. The van der Waals surface area contributed by atoms with Crippen LogP contribution in [0.1, 0.15) is 27.5 Å². The molecule has 1 aliphatic rings. The van der Waals surface area contributed by atoms with Crippen molar-refractivity contribution in [3.05, 3.63) is 63.2 Å². The number of halogens is 3. The predicted molar refractivity (Wildman–Crippen MR) is 120 cm³/mol. The molecule has 4 rings (SSSR count). The smallest absolute Gasteiger partial charge is 0.337 e. The van der Waals surface area contributed by atoms with E-state index in [9.17, 15) is 27.9 Å². The number of aromatic nitrogens is 2. The van der Waals surface area contributed by atoms with Crippen LogP contribution in [0, 0.1) is 12.7 Å². The molecule has 1 fully saturated rings. The number of carboxylic acids is 1. The van der Waals surface area contributed by atoms with E-state index in [2.05, 4.69) is 10.3 Å². The van der Waals surface area contributed by atoms with Crippen LogP contribution in [0.3, 0.4) is 0 Å². The molecule has 1 aromatic heterocycles. The number of carbonyl (C=O) groups is 1. The van der Waals surface area contributed by atoms with Crippen molar-refractivity contribution in [3.63, 3.8) is 0 Å². The minimum Gasteiger partial charge on any atom is -0.478 e. The quantitative estimate of drug-likeness (QED) is 0.563. The van der Waals surface area contributed by atoms with E-state index in [0.717, 1.165) is 18.2 Å². The van der Waals surface area contributed by atoms with Gasteiger partial charge >= 0.3 is 5.97 Å². The van der Waals surface area contributed by atoms with E-state index in [1.54, 1.807) is 20.0 Å². The van der Waals surface area contributed by atoms with E-state index >= 15 is 0 Å². The number of hydrogen-bond donors (Lipinski definition) is 2. The van der Waals surface area contributed by atoms with Crippen LogP contribution >= 0.6 is 0 Å². The number of nitrogens with one attached hydrogen (secondary N) is 1. The van der Waals surface area contributed by atoms with Gasteiger partial charge in [0.15, 0.2) is 0 Å². The van der Waals surface area contributed by atoms with Crippen molar-refractivity contribution in [2.75, 3.05) is 36.5 Å². The Hall–Kier alpha value is -3.60. The van der Waals surface area contributed by atoms with Crippen LogP contribution in [0.25, 0.3) is 10.9 Å². The maximum absolute atomic E-state index is 14.4. The normalized spacial score (nSPS) is 15.1. The van der Waals surface area contributed by atoms with Crippen LogP contribution < -0.4 is 15.8 Å². The summed E-state index contributed by atoms with van der Waals surface area (Å²) in [5.41, 5.74) is -0.362. The second-order valence-electron chi connectivity index (χ2n) is 8.08. The molecule has 0 aliphatic carbocycles. The Morgan fingerprint density at radius 2 is 1.91 bits per heavy atom. The number of benzene rings is 2. The number of anilines is 2. The maximum Gasteiger partial charge on any atom is 0.337 e. The average molecular weight is 476 g/mol. The highest BCUT2D eigenvalue weighted by molar-refractivity contribution is 5.94. The van der Waals surface area contributed by atoms with Crippen molar-refractivity contribution in [1.29, 1.82) is 0 Å². The summed E-state index contributed by atoms with van der Waals surface area (Å²) >= 11 is 0. The summed E-state index contributed by atoms with van der Waals surface area (Å²) in [4.78, 5) is 31.2. The molecule has 1 saturated heterocycles. The van der Waals surface area contributed by atoms with Crippen molar-refractivity contribution in [1.82, 2.24) is 9.55 Å². The molecule has 0 bridgehead atoms. The number of ether oxygens (including phenoxy) is 1. The summed E-state index contributed by atoms with van der Waals surface area (Å²) in [6.45, 7) is 3.53. The fourth-order valence-corrected chi connectivity index (χ4v) is 4.09. The Balaban J connectivity index is 1.90. The molecular weight excluding hydrogens is 453 g/mol. The largest absolute Gasteiger partial charge is 0.478 e. The Kier molecular flexibility index (Phi) is 6.47. The zero-order valence-corrected chi connectivity index (χ0v) is 18.5. The van der Waals surface area contributed by atoms with Crippen LogP contribution in [0.2, 0.25) is 0 Å². The van der Waals surface area contributed by atoms with Gasteiger partial charge in [0.1, 0.15) is 11.9 Å². The van der Waals surface area contributed by atoms with Crippen molar-refractivity contribution < 1.29 is 27.8 Å². The highest BCUT2D eigenvalue weighted by Crippen LogP contribution is 2.33. The molecule has 8 nitrogen and oxygen atoms in total. The molecule has 3 aromatic rings. The van der Waals surface area contributed by atoms with Crippen molar-refractivity contribution in [2.24, 2.45) is 7.05 Å². The van der Waals surface area contributed by atoms with Crippen LogP contribution in [0.5, 0.6) is 0 Å². The maximum atomic E-state index is 14.4. The van der Waals surface area contributed by atoms with Gasteiger partial charge in [-0.15, -0.1) is 0 Å². The number of hydrogen-bond acceptors (Lipinski definition) is 6. The molecular formula is C23H23F3N4O4. The van der Waals surface area contributed by atoms with E-state index in [-0.39, 0.29) is 22.2 Å². The minimum atomic E-state index is -2.99. The van der Waals surface area contributed by atoms with E-state index < -0.39 is 35.4 Å². The molecule has 0 radical (unpaired) electrons.